The molecule has 3 rings (SSSR count). The molecule has 26 heavy (non-hydrogen) atoms. The second-order valence-corrected chi connectivity index (χ2v) is 5.44. The van der Waals surface area contributed by atoms with Crippen molar-refractivity contribution in [3.63, 3.8) is 0 Å². The molecule has 0 N–H and O–H groups in total. The Morgan fingerprint density at radius 2 is 1.81 bits per heavy atom. The van der Waals surface area contributed by atoms with Gasteiger partial charge in [0.25, 0.3) is 5.89 Å². The van der Waals surface area contributed by atoms with Crippen LogP contribution in [-0.2, 0) is 6.61 Å². The third-order valence-corrected chi connectivity index (χ3v) is 3.71. The van der Waals surface area contributed by atoms with Crippen molar-refractivity contribution in [1.29, 1.82) is 0 Å². The Hall–Kier alpha value is -3.28. The van der Waals surface area contributed by atoms with E-state index in [4.69, 9.17) is 18.7 Å². The van der Waals surface area contributed by atoms with Crippen LogP contribution in [-0.4, -0.2) is 24.4 Å². The average Bonchev–Trinajstić information content (AvgIpc) is 3.16. The minimum atomic E-state index is 0.180. The largest absolute Gasteiger partial charge is 0.497 e. The van der Waals surface area contributed by atoms with Gasteiger partial charge in [-0.1, -0.05) is 23.4 Å². The lowest BCUT2D eigenvalue weighted by molar-refractivity contribution is 0.270. The van der Waals surface area contributed by atoms with Crippen molar-refractivity contribution in [3.05, 3.63) is 59.9 Å². The summed E-state index contributed by atoms with van der Waals surface area (Å²) in [5.41, 5.74) is 1.86. The second kappa shape index (κ2) is 8.20. The molecule has 0 aliphatic carbocycles. The molecule has 134 valence electrons. The molecule has 0 amide bonds. The normalized spacial score (nSPS) is 10.9. The highest BCUT2D eigenvalue weighted by molar-refractivity contribution is 5.56. The molecule has 0 saturated carbocycles. The molecule has 0 fully saturated rings. The smallest absolute Gasteiger partial charge is 0.258 e. The maximum atomic E-state index is 5.78. The summed E-state index contributed by atoms with van der Waals surface area (Å²) in [4.78, 5) is 4.36. The van der Waals surface area contributed by atoms with E-state index < -0.39 is 0 Å². The van der Waals surface area contributed by atoms with Gasteiger partial charge in [0.1, 0.15) is 5.75 Å². The van der Waals surface area contributed by atoms with E-state index in [9.17, 15) is 0 Å². The Bertz CT molecular complexity index is 885. The minimum Gasteiger partial charge on any atom is -0.497 e. The Labute approximate surface area is 152 Å². The number of hydrogen-bond acceptors (Lipinski definition) is 6. The third kappa shape index (κ3) is 4.03. The molecule has 6 nitrogen and oxygen atoms in total. The summed E-state index contributed by atoms with van der Waals surface area (Å²) in [5.74, 6) is 2.93. The molecule has 1 aromatic heterocycles. The summed E-state index contributed by atoms with van der Waals surface area (Å²) in [6.07, 6.45) is 3.96. The molecule has 0 aliphatic heterocycles. The third-order valence-electron chi connectivity index (χ3n) is 3.71. The van der Waals surface area contributed by atoms with E-state index >= 15 is 0 Å². The van der Waals surface area contributed by atoms with Crippen LogP contribution < -0.4 is 14.2 Å². The molecule has 3 aromatic rings. The van der Waals surface area contributed by atoms with E-state index in [1.54, 1.807) is 14.2 Å². The zero-order chi connectivity index (χ0) is 18.4. The lowest BCUT2D eigenvalue weighted by Gasteiger charge is -2.09. The van der Waals surface area contributed by atoms with Gasteiger partial charge in [-0.2, -0.15) is 4.98 Å². The molecule has 0 aliphatic rings. The summed E-state index contributed by atoms with van der Waals surface area (Å²) in [5, 5.41) is 3.96. The Kier molecular flexibility index (Phi) is 5.53. The number of benzene rings is 2. The molecule has 6 heteroatoms. The number of nitrogens with zero attached hydrogens (tertiary/aromatic N) is 2. The SMILES string of the molecule is C/C=C/c1ccc(OCc2noc(-c3ccc(OC)cc3)n2)c(OC)c1. The van der Waals surface area contributed by atoms with Gasteiger partial charge < -0.3 is 18.7 Å². The van der Waals surface area contributed by atoms with Crippen molar-refractivity contribution in [2.45, 2.75) is 13.5 Å². The van der Waals surface area contributed by atoms with E-state index in [0.717, 1.165) is 16.9 Å². The summed E-state index contributed by atoms with van der Waals surface area (Å²) in [7, 11) is 3.23. The van der Waals surface area contributed by atoms with Gasteiger partial charge in [0.2, 0.25) is 5.82 Å². The molecule has 0 bridgehead atoms. The predicted molar refractivity (Wildman–Crippen MR) is 98.3 cm³/mol. The van der Waals surface area contributed by atoms with Crippen molar-refractivity contribution in [3.8, 4) is 28.7 Å². The Balaban J connectivity index is 1.69. The zero-order valence-corrected chi connectivity index (χ0v) is 14.9. The van der Waals surface area contributed by atoms with Gasteiger partial charge in [0.05, 0.1) is 14.2 Å². The van der Waals surface area contributed by atoms with Crippen LogP contribution in [0.1, 0.15) is 18.3 Å². The molecule has 0 spiro atoms. The number of aromatic nitrogens is 2. The molecule has 0 atom stereocenters. The van der Waals surface area contributed by atoms with Crippen LogP contribution in [0.3, 0.4) is 0 Å². The highest BCUT2D eigenvalue weighted by Gasteiger charge is 2.11. The van der Waals surface area contributed by atoms with E-state index in [1.165, 1.54) is 0 Å². The van der Waals surface area contributed by atoms with E-state index in [0.29, 0.717) is 23.2 Å². The Morgan fingerprint density at radius 3 is 2.50 bits per heavy atom. The first-order chi connectivity index (χ1) is 12.7. The number of rotatable bonds is 7. The maximum Gasteiger partial charge on any atom is 0.258 e. The van der Waals surface area contributed by atoms with Gasteiger partial charge >= 0.3 is 0 Å². The van der Waals surface area contributed by atoms with Crippen molar-refractivity contribution in [1.82, 2.24) is 10.1 Å². The van der Waals surface area contributed by atoms with Gasteiger partial charge in [-0.3, -0.25) is 0 Å². The fraction of sp³-hybridized carbons (Fsp3) is 0.200. The van der Waals surface area contributed by atoms with Crippen LogP contribution in [0.5, 0.6) is 17.2 Å². The number of ether oxygens (including phenoxy) is 3. The number of allylic oxidation sites excluding steroid dienone is 1. The Morgan fingerprint density at radius 1 is 1.00 bits per heavy atom. The van der Waals surface area contributed by atoms with Gasteiger partial charge in [0, 0.05) is 5.56 Å². The molecular formula is C20H20N2O4. The second-order valence-electron chi connectivity index (χ2n) is 5.44. The van der Waals surface area contributed by atoms with E-state index in [2.05, 4.69) is 10.1 Å². The first-order valence-corrected chi connectivity index (χ1v) is 8.14. The van der Waals surface area contributed by atoms with Crippen molar-refractivity contribution in [2.75, 3.05) is 14.2 Å². The fourth-order valence-electron chi connectivity index (χ4n) is 2.41. The van der Waals surface area contributed by atoms with Crippen molar-refractivity contribution >= 4 is 6.08 Å². The zero-order valence-electron chi connectivity index (χ0n) is 14.9. The van der Waals surface area contributed by atoms with Crippen molar-refractivity contribution < 1.29 is 18.7 Å². The highest BCUT2D eigenvalue weighted by atomic mass is 16.5. The van der Waals surface area contributed by atoms with Gasteiger partial charge in [-0.05, 0) is 48.9 Å². The summed E-state index contributed by atoms with van der Waals surface area (Å²) >= 11 is 0. The van der Waals surface area contributed by atoms with Crippen LogP contribution in [0, 0.1) is 0 Å². The summed E-state index contributed by atoms with van der Waals surface area (Å²) in [6.45, 7) is 2.15. The van der Waals surface area contributed by atoms with Crippen LogP contribution in [0.2, 0.25) is 0 Å². The monoisotopic (exact) mass is 352 g/mol. The predicted octanol–water partition coefficient (Wildman–Crippen LogP) is 4.37. The maximum absolute atomic E-state index is 5.78. The highest BCUT2D eigenvalue weighted by Crippen LogP contribution is 2.29. The topological polar surface area (TPSA) is 66.6 Å². The van der Waals surface area contributed by atoms with Crippen LogP contribution in [0.25, 0.3) is 17.5 Å². The molecule has 1 heterocycles. The standard InChI is InChI=1S/C20H20N2O4/c1-4-5-14-6-11-17(18(12-14)24-3)25-13-19-21-20(26-22-19)15-7-9-16(23-2)10-8-15/h4-12H,13H2,1-3H3/b5-4+. The van der Waals surface area contributed by atoms with Crippen LogP contribution >= 0.6 is 0 Å². The van der Waals surface area contributed by atoms with E-state index in [1.807, 2.05) is 61.5 Å². The lowest BCUT2D eigenvalue weighted by atomic mass is 10.2. The average molecular weight is 352 g/mol. The first-order valence-electron chi connectivity index (χ1n) is 8.14. The minimum absolute atomic E-state index is 0.180. The van der Waals surface area contributed by atoms with Crippen LogP contribution in [0.15, 0.2) is 53.1 Å². The van der Waals surface area contributed by atoms with Crippen LogP contribution in [0.4, 0.5) is 0 Å². The molecular weight excluding hydrogens is 332 g/mol. The van der Waals surface area contributed by atoms with Gasteiger partial charge in [0.15, 0.2) is 18.1 Å². The molecule has 0 unspecified atom stereocenters. The molecule has 0 saturated heterocycles. The molecule has 2 aromatic carbocycles. The number of hydrogen-bond donors (Lipinski definition) is 0. The quantitative estimate of drug-likeness (QED) is 0.629. The van der Waals surface area contributed by atoms with Gasteiger partial charge in [-0.25, -0.2) is 0 Å². The summed E-state index contributed by atoms with van der Waals surface area (Å²) in [6, 6.07) is 13.1. The number of methoxy groups -OCH3 is 2. The van der Waals surface area contributed by atoms with E-state index in [-0.39, 0.29) is 6.61 Å². The lowest BCUT2D eigenvalue weighted by Crippen LogP contribution is -1.99. The first kappa shape index (κ1) is 17.5. The fourth-order valence-corrected chi connectivity index (χ4v) is 2.41. The van der Waals surface area contributed by atoms with Gasteiger partial charge in [-0.15, -0.1) is 0 Å². The van der Waals surface area contributed by atoms with Crippen molar-refractivity contribution in [2.24, 2.45) is 0 Å². The molecule has 0 radical (unpaired) electrons. The summed E-state index contributed by atoms with van der Waals surface area (Å²) < 4.78 is 21.6.